The Labute approximate surface area is 243 Å². The van der Waals surface area contributed by atoms with Crippen LogP contribution in [-0.4, -0.2) is 68.0 Å². The Hall–Kier alpha value is -3.81. The first-order valence-corrected chi connectivity index (χ1v) is 14.4. The van der Waals surface area contributed by atoms with Gasteiger partial charge in [0.05, 0.1) is 5.69 Å². The lowest BCUT2D eigenvalue weighted by atomic mass is 10.0. The molecule has 11 nitrogen and oxygen atoms in total. The van der Waals surface area contributed by atoms with E-state index >= 15 is 0 Å². The number of amidine groups is 1. The highest BCUT2D eigenvalue weighted by molar-refractivity contribution is 9.11. The van der Waals surface area contributed by atoms with Crippen molar-refractivity contribution in [2.75, 3.05) is 29.9 Å². The molecule has 5 rings (SSSR count). The number of likely N-dealkylation sites (tertiary alicyclic amines) is 1. The number of aromatic hydroxyl groups is 1. The van der Waals surface area contributed by atoms with Crippen LogP contribution in [0, 0.1) is 12.3 Å². The SMILES string of the molecule is Cc1ccc(Nc2snc(O)c2C(=N)NCCN2CCCC2=O)nc1C(=O)N1c2cccc(/C=C/Br)c2CC1O. The van der Waals surface area contributed by atoms with Gasteiger partial charge in [-0.05, 0) is 64.8 Å². The number of aliphatic hydroxyl groups excluding tert-OH is 1. The lowest BCUT2D eigenvalue weighted by Crippen LogP contribution is -2.38. The van der Waals surface area contributed by atoms with E-state index in [2.05, 4.69) is 35.9 Å². The molecule has 5 N–H and O–H groups in total. The number of hydrogen-bond donors (Lipinski definition) is 5. The quantitative estimate of drug-likeness (QED) is 0.187. The van der Waals surface area contributed by atoms with Crippen LogP contribution < -0.4 is 15.5 Å². The summed E-state index contributed by atoms with van der Waals surface area (Å²) < 4.78 is 3.97. The molecule has 1 fully saturated rings. The van der Waals surface area contributed by atoms with E-state index in [-0.39, 0.29) is 28.9 Å². The highest BCUT2D eigenvalue weighted by Gasteiger charge is 2.35. The topological polar surface area (TPSA) is 155 Å². The number of nitrogens with one attached hydrogen (secondary N) is 3. The first kappa shape index (κ1) is 27.7. The number of carbonyl (C=O) groups is 2. The van der Waals surface area contributed by atoms with Crippen LogP contribution in [0.5, 0.6) is 5.88 Å². The number of amides is 2. The van der Waals surface area contributed by atoms with Gasteiger partial charge in [0.2, 0.25) is 11.8 Å². The lowest BCUT2D eigenvalue weighted by Gasteiger charge is -2.22. The van der Waals surface area contributed by atoms with E-state index in [1.54, 1.807) is 35.0 Å². The molecule has 4 heterocycles. The largest absolute Gasteiger partial charge is 0.492 e. The van der Waals surface area contributed by atoms with Crippen LogP contribution in [0.4, 0.5) is 16.5 Å². The Bertz CT molecular complexity index is 1510. The molecule has 2 amide bonds. The lowest BCUT2D eigenvalue weighted by molar-refractivity contribution is -0.127. The van der Waals surface area contributed by atoms with E-state index in [4.69, 9.17) is 5.41 Å². The summed E-state index contributed by atoms with van der Waals surface area (Å²) in [6.07, 6.45) is 2.53. The molecule has 0 radical (unpaired) electrons. The molecule has 3 aromatic rings. The van der Waals surface area contributed by atoms with Crippen molar-refractivity contribution in [1.82, 2.24) is 19.6 Å². The minimum atomic E-state index is -1.03. The zero-order chi connectivity index (χ0) is 28.4. The van der Waals surface area contributed by atoms with Gasteiger partial charge in [-0.1, -0.05) is 34.1 Å². The number of aliphatic hydroxyl groups is 1. The summed E-state index contributed by atoms with van der Waals surface area (Å²) in [6, 6.07) is 8.99. The molecule has 0 aliphatic carbocycles. The van der Waals surface area contributed by atoms with Crippen molar-refractivity contribution in [1.29, 1.82) is 5.41 Å². The molecule has 2 aliphatic rings. The van der Waals surface area contributed by atoms with Crippen LogP contribution in [0.25, 0.3) is 6.08 Å². The Morgan fingerprint density at radius 2 is 2.15 bits per heavy atom. The Balaban J connectivity index is 1.34. The first-order valence-electron chi connectivity index (χ1n) is 12.7. The van der Waals surface area contributed by atoms with E-state index in [0.717, 1.165) is 29.1 Å². The second-order valence-electron chi connectivity index (χ2n) is 9.48. The third-order valence-corrected chi connectivity index (χ3v) is 7.93. The zero-order valence-electron chi connectivity index (χ0n) is 21.6. The molecular weight excluding hydrogens is 598 g/mol. The van der Waals surface area contributed by atoms with Gasteiger partial charge in [-0.25, -0.2) is 4.98 Å². The molecule has 208 valence electrons. The number of pyridine rings is 1. The van der Waals surface area contributed by atoms with Gasteiger partial charge in [0.15, 0.2) is 0 Å². The van der Waals surface area contributed by atoms with Crippen molar-refractivity contribution in [3.8, 4) is 5.88 Å². The summed E-state index contributed by atoms with van der Waals surface area (Å²) >= 11 is 4.24. The van der Waals surface area contributed by atoms with Crippen LogP contribution in [0.1, 0.15) is 45.6 Å². The number of fused-ring (bicyclic) bond motifs is 1. The number of carbonyl (C=O) groups excluding carboxylic acids is 2. The monoisotopic (exact) mass is 625 g/mol. The second kappa shape index (κ2) is 11.7. The maximum Gasteiger partial charge on any atom is 0.279 e. The van der Waals surface area contributed by atoms with Crippen molar-refractivity contribution < 1.29 is 19.8 Å². The number of rotatable bonds is 8. The minimum absolute atomic E-state index is 0.0473. The highest BCUT2D eigenvalue weighted by Crippen LogP contribution is 2.36. The summed E-state index contributed by atoms with van der Waals surface area (Å²) in [5, 5.41) is 36.0. The van der Waals surface area contributed by atoms with Crippen LogP contribution >= 0.6 is 27.5 Å². The summed E-state index contributed by atoms with van der Waals surface area (Å²) in [4.78, 5) is 34.9. The Morgan fingerprint density at radius 1 is 1.32 bits per heavy atom. The van der Waals surface area contributed by atoms with Crippen LogP contribution in [0.2, 0.25) is 0 Å². The smallest absolute Gasteiger partial charge is 0.279 e. The summed E-state index contributed by atoms with van der Waals surface area (Å²) in [6.45, 7) is 3.30. The predicted octanol–water partition coefficient (Wildman–Crippen LogP) is 3.72. The molecule has 1 aromatic carbocycles. The number of anilines is 3. The summed E-state index contributed by atoms with van der Waals surface area (Å²) in [5.74, 6) is -0.373. The number of halogens is 1. The Kier molecular flexibility index (Phi) is 8.14. The normalized spacial score (nSPS) is 16.6. The van der Waals surface area contributed by atoms with Crippen molar-refractivity contribution in [2.24, 2.45) is 0 Å². The van der Waals surface area contributed by atoms with E-state index in [0.29, 0.717) is 54.5 Å². The Morgan fingerprint density at radius 3 is 2.90 bits per heavy atom. The number of aryl methyl sites for hydroxylation is 1. The van der Waals surface area contributed by atoms with Crippen molar-refractivity contribution in [3.05, 3.63) is 63.3 Å². The zero-order valence-corrected chi connectivity index (χ0v) is 24.0. The molecule has 1 saturated heterocycles. The molecule has 0 bridgehead atoms. The van der Waals surface area contributed by atoms with Crippen molar-refractivity contribution >= 4 is 67.7 Å². The van der Waals surface area contributed by atoms with Crippen molar-refractivity contribution in [3.63, 3.8) is 0 Å². The predicted molar refractivity (Wildman–Crippen MR) is 158 cm³/mol. The van der Waals surface area contributed by atoms with Gasteiger partial charge in [-0.3, -0.25) is 19.9 Å². The number of hydrogen-bond acceptors (Lipinski definition) is 9. The second-order valence-corrected chi connectivity index (χ2v) is 10.8. The van der Waals surface area contributed by atoms with Crippen molar-refractivity contribution in [2.45, 2.75) is 32.4 Å². The van der Waals surface area contributed by atoms with Gasteiger partial charge in [0.25, 0.3) is 5.91 Å². The average molecular weight is 627 g/mol. The highest BCUT2D eigenvalue weighted by atomic mass is 79.9. The van der Waals surface area contributed by atoms with Gasteiger partial charge < -0.3 is 25.7 Å². The van der Waals surface area contributed by atoms with Gasteiger partial charge >= 0.3 is 0 Å². The fourth-order valence-electron chi connectivity index (χ4n) is 4.93. The number of nitrogens with zero attached hydrogens (tertiary/aromatic N) is 4. The minimum Gasteiger partial charge on any atom is -0.492 e. The maximum atomic E-state index is 13.7. The van der Waals surface area contributed by atoms with E-state index in [1.165, 1.54) is 4.90 Å². The fraction of sp³-hybridized carbons (Fsp3) is 0.296. The number of aromatic nitrogens is 2. The molecule has 40 heavy (non-hydrogen) atoms. The van der Waals surface area contributed by atoms with Crippen LogP contribution in [0.3, 0.4) is 0 Å². The molecule has 0 spiro atoms. The molecule has 2 aliphatic heterocycles. The molecule has 0 saturated carbocycles. The standard InChI is InChI=1S/C27H28BrN7O4S/c1-15-7-8-19(31-23(15)27(39)35-18-5-2-4-16(9-10-28)17(18)14-21(35)37)32-26-22(25(38)33-40-26)24(29)30-11-13-34-12-3-6-20(34)36/h2,4-5,7-10,21,37H,3,6,11-14H2,1H3,(H2,29,30)(H,31,32)(H,33,38)/b10-9+. The molecule has 1 atom stereocenters. The van der Waals surface area contributed by atoms with Crippen LogP contribution in [-0.2, 0) is 11.2 Å². The maximum absolute atomic E-state index is 13.7. The van der Waals surface area contributed by atoms with Gasteiger partial charge in [-0.15, -0.1) is 0 Å². The third kappa shape index (κ3) is 5.44. The summed E-state index contributed by atoms with van der Waals surface area (Å²) in [7, 11) is 0. The summed E-state index contributed by atoms with van der Waals surface area (Å²) in [5.41, 5.74) is 3.37. The third-order valence-electron chi connectivity index (χ3n) is 6.91. The molecule has 2 aromatic heterocycles. The molecule has 1 unspecified atom stereocenters. The van der Waals surface area contributed by atoms with Gasteiger partial charge in [0, 0.05) is 32.5 Å². The van der Waals surface area contributed by atoms with Gasteiger partial charge in [0.1, 0.15) is 34.1 Å². The van der Waals surface area contributed by atoms with E-state index < -0.39 is 12.1 Å². The number of benzene rings is 1. The van der Waals surface area contributed by atoms with E-state index in [1.807, 2.05) is 18.2 Å². The van der Waals surface area contributed by atoms with Crippen LogP contribution in [0.15, 0.2) is 35.3 Å². The first-order chi connectivity index (χ1) is 19.3. The van der Waals surface area contributed by atoms with Gasteiger partial charge in [-0.2, -0.15) is 4.37 Å². The van der Waals surface area contributed by atoms with E-state index in [9.17, 15) is 19.8 Å². The fourth-order valence-corrected chi connectivity index (χ4v) is 5.91. The molecular formula is C27H28BrN7O4S. The molecule has 13 heteroatoms. The average Bonchev–Trinajstić information content (AvgIpc) is 3.61.